The van der Waals surface area contributed by atoms with E-state index in [1.54, 1.807) is 6.92 Å². The molecule has 18 heavy (non-hydrogen) atoms. The van der Waals surface area contributed by atoms with E-state index in [-0.39, 0.29) is 18.2 Å². The van der Waals surface area contributed by atoms with Gasteiger partial charge in [0.1, 0.15) is 0 Å². The Morgan fingerprint density at radius 1 is 1.28 bits per heavy atom. The molecule has 0 saturated carbocycles. The van der Waals surface area contributed by atoms with E-state index in [1.165, 1.54) is 18.3 Å². The normalized spacial score (nSPS) is 10.6. The maximum absolute atomic E-state index is 11.7. The highest BCUT2D eigenvalue weighted by molar-refractivity contribution is 7.19. The Labute approximate surface area is 109 Å². The lowest BCUT2D eigenvalue weighted by atomic mass is 10.1. The molecular formula is C14H14O3S. The molecule has 0 saturated heterocycles. The molecule has 4 heteroatoms. The van der Waals surface area contributed by atoms with E-state index >= 15 is 0 Å². The van der Waals surface area contributed by atoms with Crippen LogP contribution in [0.2, 0.25) is 0 Å². The van der Waals surface area contributed by atoms with Gasteiger partial charge >= 0.3 is 5.97 Å². The second kappa shape index (κ2) is 5.31. The third-order valence-electron chi connectivity index (χ3n) is 2.63. The predicted octanol–water partition coefficient (Wildman–Crippen LogP) is 3.21. The summed E-state index contributed by atoms with van der Waals surface area (Å²) in [4.78, 5) is 24.1. The highest BCUT2D eigenvalue weighted by atomic mass is 32.1. The van der Waals surface area contributed by atoms with Gasteiger partial charge < -0.3 is 4.74 Å². The predicted molar refractivity (Wildman–Crippen MR) is 72.2 cm³/mol. The van der Waals surface area contributed by atoms with E-state index < -0.39 is 0 Å². The number of ether oxygens (including phenoxy) is 1. The molecule has 1 aromatic carbocycles. The van der Waals surface area contributed by atoms with Gasteiger partial charge in [0.2, 0.25) is 0 Å². The molecule has 1 heterocycles. The molecule has 0 spiro atoms. The number of hydrogen-bond acceptors (Lipinski definition) is 4. The van der Waals surface area contributed by atoms with E-state index in [2.05, 4.69) is 0 Å². The number of thiophene rings is 1. The minimum Gasteiger partial charge on any atom is -0.466 e. The molecule has 2 rings (SSSR count). The molecule has 0 unspecified atom stereocenters. The maximum Gasteiger partial charge on any atom is 0.311 e. The summed E-state index contributed by atoms with van der Waals surface area (Å²) >= 11 is 1.48. The average molecular weight is 262 g/mol. The van der Waals surface area contributed by atoms with Crippen LogP contribution < -0.4 is 0 Å². The second-order valence-corrected chi connectivity index (χ2v) is 5.07. The quantitative estimate of drug-likeness (QED) is 0.627. The maximum atomic E-state index is 11.7. The van der Waals surface area contributed by atoms with Gasteiger partial charge in [0, 0.05) is 20.5 Å². The van der Waals surface area contributed by atoms with Crippen molar-refractivity contribution in [2.75, 3.05) is 6.61 Å². The zero-order valence-corrected chi connectivity index (χ0v) is 11.2. The largest absolute Gasteiger partial charge is 0.466 e. The van der Waals surface area contributed by atoms with Crippen LogP contribution in [0.3, 0.4) is 0 Å². The van der Waals surface area contributed by atoms with Crippen molar-refractivity contribution >= 4 is 33.2 Å². The number of ketones is 1. The van der Waals surface area contributed by atoms with Gasteiger partial charge in [-0.05, 0) is 19.9 Å². The number of fused-ring (bicyclic) bond motifs is 1. The van der Waals surface area contributed by atoms with Crippen LogP contribution in [0.1, 0.15) is 29.1 Å². The Balaban J connectivity index is 2.46. The van der Waals surface area contributed by atoms with Crippen molar-refractivity contribution in [2.45, 2.75) is 20.3 Å². The third-order valence-corrected chi connectivity index (χ3v) is 3.80. The first-order chi connectivity index (χ1) is 8.63. The Morgan fingerprint density at radius 3 is 2.67 bits per heavy atom. The van der Waals surface area contributed by atoms with Gasteiger partial charge in [-0.2, -0.15) is 0 Å². The summed E-state index contributed by atoms with van der Waals surface area (Å²) in [7, 11) is 0. The Morgan fingerprint density at radius 2 is 2.00 bits per heavy atom. The lowest BCUT2D eigenvalue weighted by Gasteiger charge is -2.01. The van der Waals surface area contributed by atoms with Crippen LogP contribution in [-0.2, 0) is 16.0 Å². The van der Waals surface area contributed by atoms with E-state index in [1.807, 2.05) is 24.3 Å². The number of carbonyl (C=O) groups excluding carboxylic acids is 2. The molecular weight excluding hydrogens is 248 g/mol. The summed E-state index contributed by atoms with van der Waals surface area (Å²) in [6.07, 6.45) is 0.169. The van der Waals surface area contributed by atoms with Gasteiger partial charge in [0.05, 0.1) is 13.0 Å². The fraction of sp³-hybridized carbons (Fsp3) is 0.286. The summed E-state index contributed by atoms with van der Waals surface area (Å²) in [5, 5.41) is 0.925. The molecule has 0 radical (unpaired) electrons. The molecule has 1 aromatic heterocycles. The van der Waals surface area contributed by atoms with Gasteiger partial charge in [0.15, 0.2) is 5.78 Å². The fourth-order valence-electron chi connectivity index (χ4n) is 1.95. The molecule has 0 N–H and O–H groups in total. The van der Waals surface area contributed by atoms with E-state index in [9.17, 15) is 9.59 Å². The van der Waals surface area contributed by atoms with E-state index in [0.717, 1.165) is 15.0 Å². The number of benzene rings is 1. The van der Waals surface area contributed by atoms with E-state index in [0.29, 0.717) is 12.2 Å². The molecule has 0 aliphatic rings. The van der Waals surface area contributed by atoms with Crippen molar-refractivity contribution in [3.8, 4) is 0 Å². The number of rotatable bonds is 4. The molecule has 3 nitrogen and oxygen atoms in total. The molecule has 94 valence electrons. The summed E-state index contributed by atoms with van der Waals surface area (Å²) in [5.41, 5.74) is 0.656. The number of hydrogen-bond donors (Lipinski definition) is 0. The van der Waals surface area contributed by atoms with Crippen molar-refractivity contribution in [3.05, 3.63) is 34.7 Å². The van der Waals surface area contributed by atoms with Crippen molar-refractivity contribution in [1.29, 1.82) is 0 Å². The fourth-order valence-corrected chi connectivity index (χ4v) is 3.19. The summed E-state index contributed by atoms with van der Waals surface area (Å²) in [6.45, 7) is 3.66. The highest BCUT2D eigenvalue weighted by Gasteiger charge is 2.18. The van der Waals surface area contributed by atoms with Crippen molar-refractivity contribution in [3.63, 3.8) is 0 Å². The topological polar surface area (TPSA) is 43.4 Å². The number of carbonyl (C=O) groups is 2. The summed E-state index contributed by atoms with van der Waals surface area (Å²) < 4.78 is 5.96. The van der Waals surface area contributed by atoms with Crippen LogP contribution in [0.25, 0.3) is 10.1 Å². The second-order valence-electron chi connectivity index (χ2n) is 3.93. The molecule has 0 bridgehead atoms. The smallest absolute Gasteiger partial charge is 0.311 e. The summed E-state index contributed by atoms with van der Waals surface area (Å²) in [5.74, 6) is -0.293. The van der Waals surface area contributed by atoms with Crippen molar-refractivity contribution in [2.24, 2.45) is 0 Å². The monoisotopic (exact) mass is 262 g/mol. The zero-order valence-electron chi connectivity index (χ0n) is 10.4. The molecule has 0 aliphatic heterocycles. The average Bonchev–Trinajstić information content (AvgIpc) is 2.66. The molecule has 0 amide bonds. The van der Waals surface area contributed by atoms with Gasteiger partial charge in [-0.25, -0.2) is 0 Å². The van der Waals surface area contributed by atoms with Gasteiger partial charge in [-0.15, -0.1) is 11.3 Å². The molecule has 0 atom stereocenters. The first-order valence-corrected chi connectivity index (χ1v) is 6.62. The van der Waals surface area contributed by atoms with E-state index in [4.69, 9.17) is 4.74 Å². The van der Waals surface area contributed by atoms with Crippen LogP contribution in [0.4, 0.5) is 0 Å². The SMILES string of the molecule is CCOC(=O)Cc1sc2ccccc2c1C(C)=O. The molecule has 0 fully saturated rings. The van der Waals surface area contributed by atoms with Crippen LogP contribution in [0.5, 0.6) is 0 Å². The van der Waals surface area contributed by atoms with Crippen molar-refractivity contribution in [1.82, 2.24) is 0 Å². The van der Waals surface area contributed by atoms with Crippen LogP contribution >= 0.6 is 11.3 Å². The van der Waals surface area contributed by atoms with Crippen LogP contribution in [0.15, 0.2) is 24.3 Å². The molecule has 0 aliphatic carbocycles. The summed E-state index contributed by atoms with van der Waals surface area (Å²) in [6, 6.07) is 7.70. The standard InChI is InChI=1S/C14H14O3S/c1-3-17-13(16)8-12-14(9(2)15)10-6-4-5-7-11(10)18-12/h4-7H,3,8H2,1-2H3. The molecule has 2 aromatic rings. The minimum atomic E-state index is -0.286. The van der Waals surface area contributed by atoms with Crippen LogP contribution in [0, 0.1) is 0 Å². The highest BCUT2D eigenvalue weighted by Crippen LogP contribution is 2.32. The Kier molecular flexibility index (Phi) is 3.77. The van der Waals surface area contributed by atoms with Gasteiger partial charge in [-0.3, -0.25) is 9.59 Å². The lowest BCUT2D eigenvalue weighted by Crippen LogP contribution is -2.08. The Bertz CT molecular complexity index is 598. The number of Topliss-reactive ketones (excluding diaryl/α,β-unsaturated/α-hetero) is 1. The van der Waals surface area contributed by atoms with Gasteiger partial charge in [0.25, 0.3) is 0 Å². The number of esters is 1. The third kappa shape index (κ3) is 2.43. The Hall–Kier alpha value is -1.68. The lowest BCUT2D eigenvalue weighted by molar-refractivity contribution is -0.142. The first-order valence-electron chi connectivity index (χ1n) is 5.80. The first kappa shape index (κ1) is 12.8. The minimum absolute atomic E-state index is 0.00764. The van der Waals surface area contributed by atoms with Crippen LogP contribution in [-0.4, -0.2) is 18.4 Å². The van der Waals surface area contributed by atoms with Gasteiger partial charge in [-0.1, -0.05) is 18.2 Å². The zero-order chi connectivity index (χ0) is 13.1. The van der Waals surface area contributed by atoms with Crippen molar-refractivity contribution < 1.29 is 14.3 Å².